The summed E-state index contributed by atoms with van der Waals surface area (Å²) < 4.78 is 5.20. The fourth-order valence-electron chi connectivity index (χ4n) is 3.57. The molecule has 6 nitrogen and oxygen atoms in total. The van der Waals surface area contributed by atoms with Crippen molar-refractivity contribution in [3.8, 4) is 5.75 Å². The van der Waals surface area contributed by atoms with Crippen LogP contribution in [0.2, 0.25) is 0 Å². The highest BCUT2D eigenvalue weighted by atomic mass is 16.5. The Balaban J connectivity index is 1.52. The molecule has 2 aromatic rings. The Kier molecular flexibility index (Phi) is 7.22. The third-order valence-corrected chi connectivity index (χ3v) is 5.39. The van der Waals surface area contributed by atoms with E-state index in [0.29, 0.717) is 49.5 Å². The van der Waals surface area contributed by atoms with E-state index < -0.39 is 0 Å². The van der Waals surface area contributed by atoms with Crippen molar-refractivity contribution in [3.05, 3.63) is 65.2 Å². The predicted molar refractivity (Wildman–Crippen MR) is 115 cm³/mol. The second-order valence-corrected chi connectivity index (χ2v) is 7.55. The molecule has 3 rings (SSSR count). The first kappa shape index (κ1) is 21.6. The monoisotopic (exact) mass is 408 g/mol. The van der Waals surface area contributed by atoms with Crippen LogP contribution in [0.3, 0.4) is 0 Å². The van der Waals surface area contributed by atoms with Crippen molar-refractivity contribution in [2.45, 2.75) is 26.2 Å². The largest absolute Gasteiger partial charge is 0.497 e. The van der Waals surface area contributed by atoms with Gasteiger partial charge in [-0.05, 0) is 31.5 Å². The van der Waals surface area contributed by atoms with Gasteiger partial charge in [0, 0.05) is 50.1 Å². The lowest BCUT2D eigenvalue weighted by molar-refractivity contribution is -0.131. The Bertz CT molecular complexity index is 908. The number of amides is 2. The van der Waals surface area contributed by atoms with Gasteiger partial charge in [0.1, 0.15) is 5.75 Å². The van der Waals surface area contributed by atoms with Gasteiger partial charge in [0.25, 0.3) is 5.91 Å². The van der Waals surface area contributed by atoms with Gasteiger partial charge < -0.3 is 14.5 Å². The highest BCUT2D eigenvalue weighted by molar-refractivity contribution is 5.98. The third-order valence-electron chi connectivity index (χ3n) is 5.39. The first-order valence-electron chi connectivity index (χ1n) is 10.3. The SMILES string of the molecule is COc1cccc(C(=O)N2CCCN(C(=O)CCC(=O)c3ccc(C)cc3)CC2)c1. The zero-order chi connectivity index (χ0) is 21.5. The second kappa shape index (κ2) is 10.1. The maximum Gasteiger partial charge on any atom is 0.254 e. The molecule has 0 aliphatic carbocycles. The summed E-state index contributed by atoms with van der Waals surface area (Å²) in [6.45, 7) is 4.13. The molecule has 0 spiro atoms. The number of nitrogens with zero attached hydrogens (tertiary/aromatic N) is 2. The minimum Gasteiger partial charge on any atom is -0.497 e. The van der Waals surface area contributed by atoms with E-state index in [1.54, 1.807) is 53.3 Å². The Morgan fingerprint density at radius 2 is 1.57 bits per heavy atom. The number of ketones is 1. The van der Waals surface area contributed by atoms with Crippen LogP contribution in [0.5, 0.6) is 5.75 Å². The maximum absolute atomic E-state index is 12.8. The molecular formula is C24H28N2O4. The third kappa shape index (κ3) is 5.47. The van der Waals surface area contributed by atoms with Crippen LogP contribution in [0.1, 0.15) is 45.5 Å². The predicted octanol–water partition coefficient (Wildman–Crippen LogP) is 3.34. The average molecular weight is 408 g/mol. The van der Waals surface area contributed by atoms with Gasteiger partial charge in [0.15, 0.2) is 5.78 Å². The van der Waals surface area contributed by atoms with Crippen molar-refractivity contribution in [1.82, 2.24) is 9.80 Å². The molecule has 158 valence electrons. The minimum atomic E-state index is -0.0576. The van der Waals surface area contributed by atoms with E-state index >= 15 is 0 Å². The number of hydrogen-bond donors (Lipinski definition) is 0. The molecule has 1 saturated heterocycles. The first-order valence-corrected chi connectivity index (χ1v) is 10.3. The van der Waals surface area contributed by atoms with Crippen LogP contribution in [0, 0.1) is 6.92 Å². The summed E-state index contributed by atoms with van der Waals surface area (Å²) in [5, 5.41) is 0. The van der Waals surface area contributed by atoms with E-state index in [2.05, 4.69) is 0 Å². The number of carbonyl (C=O) groups excluding carboxylic acids is 3. The molecule has 2 amide bonds. The van der Waals surface area contributed by atoms with Crippen LogP contribution in [-0.4, -0.2) is 60.7 Å². The van der Waals surface area contributed by atoms with Crippen LogP contribution in [0.15, 0.2) is 48.5 Å². The number of ether oxygens (including phenoxy) is 1. The maximum atomic E-state index is 12.8. The van der Waals surface area contributed by atoms with Crippen molar-refractivity contribution < 1.29 is 19.1 Å². The molecule has 0 aromatic heterocycles. The average Bonchev–Trinajstić information content (AvgIpc) is 3.03. The molecule has 30 heavy (non-hydrogen) atoms. The molecule has 0 bridgehead atoms. The summed E-state index contributed by atoms with van der Waals surface area (Å²) in [6, 6.07) is 14.5. The van der Waals surface area contributed by atoms with Gasteiger partial charge in [-0.3, -0.25) is 14.4 Å². The van der Waals surface area contributed by atoms with Gasteiger partial charge in [-0.1, -0.05) is 35.9 Å². The number of hydrogen-bond acceptors (Lipinski definition) is 4. The summed E-state index contributed by atoms with van der Waals surface area (Å²) in [7, 11) is 1.57. The van der Waals surface area contributed by atoms with E-state index in [-0.39, 0.29) is 30.4 Å². The normalized spacial score (nSPS) is 14.2. The Morgan fingerprint density at radius 3 is 2.30 bits per heavy atom. The quantitative estimate of drug-likeness (QED) is 0.688. The molecule has 0 unspecified atom stereocenters. The standard InChI is InChI=1S/C24H28N2O4/c1-18-7-9-19(10-8-18)22(27)11-12-23(28)25-13-4-14-26(16-15-25)24(29)20-5-3-6-21(17-20)30-2/h3,5-10,17H,4,11-16H2,1-2H3. The molecule has 6 heteroatoms. The van der Waals surface area contributed by atoms with E-state index in [1.807, 2.05) is 19.1 Å². The Labute approximate surface area is 177 Å². The van der Waals surface area contributed by atoms with Gasteiger partial charge in [0.2, 0.25) is 5.91 Å². The number of carbonyl (C=O) groups is 3. The number of benzene rings is 2. The Morgan fingerprint density at radius 1 is 0.867 bits per heavy atom. The zero-order valence-electron chi connectivity index (χ0n) is 17.6. The van der Waals surface area contributed by atoms with E-state index in [9.17, 15) is 14.4 Å². The summed E-state index contributed by atoms with van der Waals surface area (Å²) in [6.07, 6.45) is 1.11. The van der Waals surface area contributed by atoms with Crippen molar-refractivity contribution in [2.24, 2.45) is 0 Å². The van der Waals surface area contributed by atoms with Crippen LogP contribution >= 0.6 is 0 Å². The smallest absolute Gasteiger partial charge is 0.254 e. The summed E-state index contributed by atoms with van der Waals surface area (Å²) >= 11 is 0. The van der Waals surface area contributed by atoms with Crippen LogP contribution in [-0.2, 0) is 4.79 Å². The molecule has 0 radical (unpaired) electrons. The lowest BCUT2D eigenvalue weighted by atomic mass is 10.0. The molecule has 0 N–H and O–H groups in total. The molecule has 1 fully saturated rings. The van der Waals surface area contributed by atoms with Crippen molar-refractivity contribution in [3.63, 3.8) is 0 Å². The van der Waals surface area contributed by atoms with Gasteiger partial charge in [-0.2, -0.15) is 0 Å². The summed E-state index contributed by atoms with van der Waals surface area (Å²) in [5.41, 5.74) is 2.32. The molecule has 0 saturated carbocycles. The molecule has 2 aromatic carbocycles. The number of rotatable bonds is 6. The van der Waals surface area contributed by atoms with Crippen molar-refractivity contribution >= 4 is 17.6 Å². The van der Waals surface area contributed by atoms with E-state index in [1.165, 1.54) is 0 Å². The fourth-order valence-corrected chi connectivity index (χ4v) is 3.57. The molecular weight excluding hydrogens is 380 g/mol. The van der Waals surface area contributed by atoms with Crippen molar-refractivity contribution in [2.75, 3.05) is 33.3 Å². The lowest BCUT2D eigenvalue weighted by Gasteiger charge is -2.22. The molecule has 1 heterocycles. The van der Waals surface area contributed by atoms with E-state index in [0.717, 1.165) is 5.56 Å². The number of aryl methyl sites for hydroxylation is 1. The second-order valence-electron chi connectivity index (χ2n) is 7.55. The van der Waals surface area contributed by atoms with Crippen LogP contribution in [0.4, 0.5) is 0 Å². The molecule has 0 atom stereocenters. The van der Waals surface area contributed by atoms with Gasteiger partial charge >= 0.3 is 0 Å². The highest BCUT2D eigenvalue weighted by Crippen LogP contribution is 2.16. The molecule has 1 aliphatic rings. The van der Waals surface area contributed by atoms with Crippen LogP contribution in [0.25, 0.3) is 0 Å². The fraction of sp³-hybridized carbons (Fsp3) is 0.375. The van der Waals surface area contributed by atoms with Gasteiger partial charge in [0.05, 0.1) is 7.11 Å². The van der Waals surface area contributed by atoms with Gasteiger partial charge in [-0.25, -0.2) is 0 Å². The first-order chi connectivity index (χ1) is 14.5. The van der Waals surface area contributed by atoms with Gasteiger partial charge in [-0.15, -0.1) is 0 Å². The van der Waals surface area contributed by atoms with E-state index in [4.69, 9.17) is 4.74 Å². The van der Waals surface area contributed by atoms with Crippen LogP contribution < -0.4 is 4.74 Å². The number of Topliss-reactive ketones (excluding diaryl/α,β-unsaturated/α-hetero) is 1. The summed E-state index contributed by atoms with van der Waals surface area (Å²) in [4.78, 5) is 41.3. The highest BCUT2D eigenvalue weighted by Gasteiger charge is 2.23. The van der Waals surface area contributed by atoms with Crippen molar-refractivity contribution in [1.29, 1.82) is 0 Å². The molecule has 1 aliphatic heterocycles. The topological polar surface area (TPSA) is 66.9 Å². The lowest BCUT2D eigenvalue weighted by Crippen LogP contribution is -2.37. The number of methoxy groups -OCH3 is 1. The summed E-state index contributed by atoms with van der Waals surface area (Å²) in [5.74, 6) is 0.530. The Hall–Kier alpha value is -3.15. The minimum absolute atomic E-state index is 0.0204. The zero-order valence-corrected chi connectivity index (χ0v) is 17.6.